The van der Waals surface area contributed by atoms with Crippen LogP contribution in [-0.4, -0.2) is 11.8 Å². The van der Waals surface area contributed by atoms with Crippen molar-refractivity contribution in [2.24, 2.45) is 0 Å². The monoisotopic (exact) mass is 498 g/mol. The summed E-state index contributed by atoms with van der Waals surface area (Å²) in [6.45, 7) is 0. The van der Waals surface area contributed by atoms with Crippen LogP contribution < -0.4 is 10.6 Å². The highest BCUT2D eigenvalue weighted by molar-refractivity contribution is 9.10. The van der Waals surface area contributed by atoms with Crippen LogP contribution in [0.3, 0.4) is 0 Å². The molecule has 0 fully saturated rings. The van der Waals surface area contributed by atoms with Gasteiger partial charge in [-0.25, -0.2) is 8.78 Å². The lowest BCUT2D eigenvalue weighted by Crippen LogP contribution is -2.19. The van der Waals surface area contributed by atoms with Gasteiger partial charge in [0.05, 0.1) is 16.8 Å². The Morgan fingerprint density at radius 1 is 0.806 bits per heavy atom. The number of amides is 2. The molecule has 0 aliphatic rings. The largest absolute Gasteiger partial charge is 0.418 e. The Hall–Kier alpha value is -3.27. The summed E-state index contributed by atoms with van der Waals surface area (Å²) in [5.41, 5.74) is -2.45. The van der Waals surface area contributed by atoms with E-state index in [1.165, 1.54) is 18.2 Å². The zero-order valence-electron chi connectivity index (χ0n) is 15.4. The molecule has 3 aromatic carbocycles. The van der Waals surface area contributed by atoms with Gasteiger partial charge in [0.1, 0.15) is 11.6 Å². The average molecular weight is 499 g/mol. The molecular weight excluding hydrogens is 487 g/mol. The quantitative estimate of drug-likeness (QED) is 0.417. The van der Waals surface area contributed by atoms with E-state index in [0.717, 1.165) is 36.4 Å². The van der Waals surface area contributed by atoms with Crippen LogP contribution in [0.4, 0.5) is 33.3 Å². The average Bonchev–Trinajstić information content (AvgIpc) is 2.68. The van der Waals surface area contributed by atoms with Crippen molar-refractivity contribution in [2.45, 2.75) is 6.18 Å². The summed E-state index contributed by atoms with van der Waals surface area (Å²) in [5, 5.41) is 4.32. The molecule has 0 unspecified atom stereocenters. The second kappa shape index (κ2) is 8.84. The van der Waals surface area contributed by atoms with Gasteiger partial charge in [0.2, 0.25) is 0 Å². The Kier molecular flexibility index (Phi) is 6.40. The van der Waals surface area contributed by atoms with Crippen molar-refractivity contribution >= 4 is 39.1 Å². The predicted octanol–water partition coefficient (Wildman–Crippen LogP) is 6.25. The lowest BCUT2D eigenvalue weighted by atomic mass is 10.1. The summed E-state index contributed by atoms with van der Waals surface area (Å²) in [7, 11) is 0. The fraction of sp³-hybridized carbons (Fsp3) is 0.0476. The fourth-order valence-electron chi connectivity index (χ4n) is 2.63. The maximum atomic E-state index is 13.9. The minimum absolute atomic E-state index is 0.0399. The third-order valence-electron chi connectivity index (χ3n) is 4.11. The summed E-state index contributed by atoms with van der Waals surface area (Å²) >= 11 is 3.02. The van der Waals surface area contributed by atoms with E-state index in [0.29, 0.717) is 10.5 Å². The number of benzene rings is 3. The molecule has 0 aliphatic heterocycles. The number of anilines is 2. The molecule has 0 aliphatic carbocycles. The smallest absolute Gasteiger partial charge is 0.322 e. The van der Waals surface area contributed by atoms with Crippen molar-refractivity contribution in [1.29, 1.82) is 0 Å². The lowest BCUT2D eigenvalue weighted by Gasteiger charge is -2.16. The second-order valence-electron chi connectivity index (χ2n) is 6.30. The number of hydrogen-bond donors (Lipinski definition) is 2. The van der Waals surface area contributed by atoms with Crippen LogP contribution in [-0.2, 0) is 6.18 Å². The first-order chi connectivity index (χ1) is 14.5. The van der Waals surface area contributed by atoms with Crippen molar-refractivity contribution in [3.63, 3.8) is 0 Å². The van der Waals surface area contributed by atoms with E-state index >= 15 is 0 Å². The van der Waals surface area contributed by atoms with Gasteiger partial charge in [-0.1, -0.05) is 15.9 Å². The molecule has 0 saturated carbocycles. The summed E-state index contributed by atoms with van der Waals surface area (Å²) in [5.74, 6) is -3.30. The first-order valence-corrected chi connectivity index (χ1v) is 9.38. The number of hydrogen-bond acceptors (Lipinski definition) is 2. The maximum Gasteiger partial charge on any atom is 0.418 e. The number of halogens is 6. The van der Waals surface area contributed by atoms with Gasteiger partial charge >= 0.3 is 6.18 Å². The summed E-state index contributed by atoms with van der Waals surface area (Å²) < 4.78 is 67.9. The minimum Gasteiger partial charge on any atom is -0.322 e. The minimum atomic E-state index is -4.88. The van der Waals surface area contributed by atoms with Crippen LogP contribution in [0.25, 0.3) is 0 Å². The van der Waals surface area contributed by atoms with E-state index in [-0.39, 0.29) is 11.3 Å². The highest BCUT2D eigenvalue weighted by atomic mass is 79.9. The van der Waals surface area contributed by atoms with Crippen molar-refractivity contribution < 1.29 is 31.5 Å². The van der Waals surface area contributed by atoms with Gasteiger partial charge in [-0.15, -0.1) is 0 Å². The van der Waals surface area contributed by atoms with Crippen LogP contribution in [0.5, 0.6) is 0 Å². The zero-order valence-corrected chi connectivity index (χ0v) is 16.9. The van der Waals surface area contributed by atoms with E-state index in [1.54, 1.807) is 0 Å². The van der Waals surface area contributed by atoms with Crippen molar-refractivity contribution in [3.05, 3.63) is 93.5 Å². The number of alkyl halides is 3. The SMILES string of the molecule is O=C(Nc1ccc(NC(=O)c2ccc(Br)cc2F)c(C(F)(F)F)c1)c1ccc(F)cc1. The van der Waals surface area contributed by atoms with E-state index in [9.17, 15) is 31.5 Å². The molecule has 160 valence electrons. The zero-order chi connectivity index (χ0) is 22.8. The molecule has 3 aromatic rings. The first-order valence-electron chi connectivity index (χ1n) is 8.59. The van der Waals surface area contributed by atoms with Gasteiger partial charge in [0.25, 0.3) is 11.8 Å². The molecule has 0 aromatic heterocycles. The molecule has 4 nitrogen and oxygen atoms in total. The van der Waals surface area contributed by atoms with Gasteiger partial charge in [-0.05, 0) is 60.7 Å². The Bertz CT molecular complexity index is 1150. The second-order valence-corrected chi connectivity index (χ2v) is 7.21. The van der Waals surface area contributed by atoms with E-state index in [2.05, 4.69) is 21.2 Å². The Morgan fingerprint density at radius 2 is 1.48 bits per heavy atom. The van der Waals surface area contributed by atoms with Gasteiger partial charge in [-0.2, -0.15) is 13.2 Å². The van der Waals surface area contributed by atoms with Gasteiger partial charge in [0.15, 0.2) is 0 Å². The Labute approximate surface area is 181 Å². The van der Waals surface area contributed by atoms with Crippen LogP contribution in [0.15, 0.2) is 65.1 Å². The Balaban J connectivity index is 1.87. The number of carbonyl (C=O) groups is 2. The lowest BCUT2D eigenvalue weighted by molar-refractivity contribution is -0.136. The van der Waals surface area contributed by atoms with Crippen LogP contribution in [0.1, 0.15) is 26.3 Å². The standard InChI is InChI=1S/C21H12BrF5N2O2/c22-12-3-7-15(17(24)9-12)20(31)29-18-8-6-14(10-16(18)21(25,26)27)28-19(30)11-1-4-13(23)5-2-11/h1-10H,(H,28,30)(H,29,31). The normalized spacial score (nSPS) is 11.2. The summed E-state index contributed by atoms with van der Waals surface area (Å²) in [4.78, 5) is 24.4. The highest BCUT2D eigenvalue weighted by Gasteiger charge is 2.34. The third kappa shape index (κ3) is 5.46. The third-order valence-corrected chi connectivity index (χ3v) is 4.61. The molecule has 0 heterocycles. The molecule has 10 heteroatoms. The molecule has 0 radical (unpaired) electrons. The first kappa shape index (κ1) is 22.4. The predicted molar refractivity (Wildman–Crippen MR) is 108 cm³/mol. The Morgan fingerprint density at radius 3 is 2.10 bits per heavy atom. The van der Waals surface area contributed by atoms with Gasteiger partial charge < -0.3 is 10.6 Å². The molecule has 0 saturated heterocycles. The topological polar surface area (TPSA) is 58.2 Å². The molecule has 0 spiro atoms. The highest BCUT2D eigenvalue weighted by Crippen LogP contribution is 2.37. The number of nitrogens with one attached hydrogen (secondary N) is 2. The molecule has 2 amide bonds. The van der Waals surface area contributed by atoms with Gasteiger partial charge in [-0.3, -0.25) is 9.59 Å². The molecule has 31 heavy (non-hydrogen) atoms. The summed E-state index contributed by atoms with van der Waals surface area (Å²) in [6.07, 6.45) is -4.88. The molecule has 2 N–H and O–H groups in total. The number of rotatable bonds is 4. The van der Waals surface area contributed by atoms with E-state index < -0.39 is 46.4 Å². The fourth-order valence-corrected chi connectivity index (χ4v) is 2.97. The number of carbonyl (C=O) groups excluding carboxylic acids is 2. The molecular formula is C21H12BrF5N2O2. The van der Waals surface area contributed by atoms with Crippen molar-refractivity contribution in [1.82, 2.24) is 0 Å². The molecule has 0 atom stereocenters. The van der Waals surface area contributed by atoms with Crippen molar-refractivity contribution in [3.8, 4) is 0 Å². The van der Waals surface area contributed by atoms with Crippen LogP contribution in [0, 0.1) is 11.6 Å². The molecule has 0 bridgehead atoms. The van der Waals surface area contributed by atoms with Crippen LogP contribution >= 0.6 is 15.9 Å². The molecule has 3 rings (SSSR count). The maximum absolute atomic E-state index is 13.9. The van der Waals surface area contributed by atoms with Crippen LogP contribution in [0.2, 0.25) is 0 Å². The van der Waals surface area contributed by atoms with Crippen molar-refractivity contribution in [2.75, 3.05) is 10.6 Å². The summed E-state index contributed by atoms with van der Waals surface area (Å²) in [6, 6.07) is 10.7. The van der Waals surface area contributed by atoms with E-state index in [1.807, 2.05) is 5.32 Å². The van der Waals surface area contributed by atoms with E-state index in [4.69, 9.17) is 0 Å². The van der Waals surface area contributed by atoms with Gasteiger partial charge in [0, 0.05) is 15.7 Å².